The summed E-state index contributed by atoms with van der Waals surface area (Å²) in [5.41, 5.74) is 10.2. The normalized spacial score (nSPS) is 12.3. The number of amides is 1. The van der Waals surface area contributed by atoms with Crippen LogP contribution in [0.1, 0.15) is 37.1 Å². The molecule has 0 bridgehead atoms. The summed E-state index contributed by atoms with van der Waals surface area (Å²) in [5.74, 6) is 0.0174. The van der Waals surface area contributed by atoms with Gasteiger partial charge in [-0.25, -0.2) is 4.79 Å². The van der Waals surface area contributed by atoms with E-state index in [1.165, 1.54) is 0 Å². The topological polar surface area (TPSA) is 85.4 Å². The third-order valence-corrected chi connectivity index (χ3v) is 5.94. The largest absolute Gasteiger partial charge is 0.443 e. The Balaban J connectivity index is 1.95. The second kappa shape index (κ2) is 10.9. The van der Waals surface area contributed by atoms with Gasteiger partial charge in [0.15, 0.2) is 0 Å². The molecule has 5 heteroatoms. The van der Waals surface area contributed by atoms with Crippen molar-refractivity contribution in [2.45, 2.75) is 45.1 Å². The maximum absolute atomic E-state index is 11.6. The molecule has 3 N–H and O–H groups in total. The summed E-state index contributed by atoms with van der Waals surface area (Å²) in [7, 11) is 0. The molecule has 168 valence electrons. The van der Waals surface area contributed by atoms with Gasteiger partial charge in [0.05, 0.1) is 0 Å². The second-order valence-electron chi connectivity index (χ2n) is 8.62. The van der Waals surface area contributed by atoms with Crippen molar-refractivity contribution in [3.05, 3.63) is 89.7 Å². The molecule has 0 aliphatic carbocycles. The van der Waals surface area contributed by atoms with Crippen LogP contribution in [0.4, 0.5) is 4.79 Å². The monoisotopic (exact) mass is 432 g/mol. The predicted octanol–water partition coefficient (Wildman–Crippen LogP) is 4.95. The first-order chi connectivity index (χ1) is 15.4. The molecule has 0 radical (unpaired) electrons. The minimum Gasteiger partial charge on any atom is -0.443 e. The van der Waals surface area contributed by atoms with Crippen LogP contribution in [0.25, 0.3) is 11.1 Å². The number of primary amides is 1. The van der Waals surface area contributed by atoms with Gasteiger partial charge in [0.2, 0.25) is 0 Å². The van der Waals surface area contributed by atoms with Crippen molar-refractivity contribution in [1.82, 2.24) is 4.98 Å². The molecule has 1 aromatic heterocycles. The van der Waals surface area contributed by atoms with Crippen molar-refractivity contribution in [2.24, 2.45) is 11.7 Å². The van der Waals surface area contributed by atoms with Gasteiger partial charge < -0.3 is 15.6 Å². The van der Waals surface area contributed by atoms with Crippen molar-refractivity contribution >= 4 is 6.09 Å². The molecule has 5 nitrogen and oxygen atoms in total. The number of aryl methyl sites for hydroxylation is 1. The summed E-state index contributed by atoms with van der Waals surface area (Å²) in [6.45, 7) is 3.94. The van der Waals surface area contributed by atoms with E-state index in [0.29, 0.717) is 12.8 Å². The average molecular weight is 433 g/mol. The quantitative estimate of drug-likeness (QED) is 0.475. The van der Waals surface area contributed by atoms with Gasteiger partial charge >= 0.3 is 6.09 Å². The molecule has 1 amide bonds. The lowest BCUT2D eigenvalue weighted by atomic mass is 9.79. The molecule has 1 atom stereocenters. The number of rotatable bonds is 10. The molecule has 0 fully saturated rings. The zero-order valence-corrected chi connectivity index (χ0v) is 18.8. The highest BCUT2D eigenvalue weighted by atomic mass is 16.6. The number of hydrogen-bond acceptors (Lipinski definition) is 4. The highest BCUT2D eigenvalue weighted by Gasteiger charge is 2.33. The molecule has 0 spiro atoms. The number of hydrogen-bond donors (Lipinski definition) is 2. The molecule has 3 aromatic rings. The maximum atomic E-state index is 11.6. The summed E-state index contributed by atoms with van der Waals surface area (Å²) >= 11 is 0. The molecule has 1 unspecified atom stereocenters. The molecular weight excluding hydrogens is 400 g/mol. The zero-order chi connectivity index (χ0) is 23.0. The number of benzene rings is 2. The van der Waals surface area contributed by atoms with Gasteiger partial charge in [-0.05, 0) is 73.9 Å². The molecule has 1 heterocycles. The highest BCUT2D eigenvalue weighted by Crippen LogP contribution is 2.34. The Morgan fingerprint density at radius 1 is 1.06 bits per heavy atom. The Kier molecular flexibility index (Phi) is 8.01. The fraction of sp³-hybridized carbons (Fsp3) is 0.333. The van der Waals surface area contributed by atoms with Crippen molar-refractivity contribution in [1.29, 1.82) is 0 Å². The summed E-state index contributed by atoms with van der Waals surface area (Å²) in [6, 6.07) is 22.5. The molecule has 0 aliphatic heterocycles. The Morgan fingerprint density at radius 2 is 1.81 bits per heavy atom. The molecule has 3 rings (SSSR count). The minimum absolute atomic E-state index is 0.0174. The smallest absolute Gasteiger partial charge is 0.405 e. The molecule has 0 aliphatic rings. The summed E-state index contributed by atoms with van der Waals surface area (Å²) in [6.07, 6.45) is 3.89. The van der Waals surface area contributed by atoms with Gasteiger partial charge in [0.1, 0.15) is 5.60 Å². The van der Waals surface area contributed by atoms with E-state index in [-0.39, 0.29) is 12.5 Å². The number of aliphatic hydroxyl groups is 1. The van der Waals surface area contributed by atoms with E-state index in [9.17, 15) is 9.90 Å². The standard InChI is InChI=1S/C27H32N2O3/c1-27(2,32-26(28)31)23(12-13-24-10-6-7-16-29-24)19-22-18-20(15-17-30)11-14-25(22)21-8-4-3-5-9-21/h3-11,14,16,18,23,30H,12-13,15,17,19H2,1-2H3,(H2,28,31). The Labute approximate surface area is 190 Å². The van der Waals surface area contributed by atoms with E-state index in [0.717, 1.165) is 40.8 Å². The van der Waals surface area contributed by atoms with E-state index in [1.807, 2.05) is 50.2 Å². The van der Waals surface area contributed by atoms with Crippen LogP contribution in [0.15, 0.2) is 72.9 Å². The second-order valence-corrected chi connectivity index (χ2v) is 8.62. The molecule has 0 saturated heterocycles. The number of aliphatic hydroxyl groups excluding tert-OH is 1. The summed E-state index contributed by atoms with van der Waals surface area (Å²) in [4.78, 5) is 16.1. The van der Waals surface area contributed by atoms with Crippen LogP contribution in [0.2, 0.25) is 0 Å². The van der Waals surface area contributed by atoms with E-state index >= 15 is 0 Å². The number of aromatic nitrogens is 1. The van der Waals surface area contributed by atoms with Gasteiger partial charge in [-0.1, -0.05) is 54.6 Å². The van der Waals surface area contributed by atoms with Crippen LogP contribution < -0.4 is 5.73 Å². The number of carbonyl (C=O) groups excluding carboxylic acids is 1. The molecule has 0 saturated carbocycles. The number of nitrogens with two attached hydrogens (primary N) is 1. The zero-order valence-electron chi connectivity index (χ0n) is 18.8. The first-order valence-corrected chi connectivity index (χ1v) is 11.1. The first kappa shape index (κ1) is 23.5. The maximum Gasteiger partial charge on any atom is 0.405 e. The van der Waals surface area contributed by atoms with Gasteiger partial charge in [0, 0.05) is 24.4 Å². The average Bonchev–Trinajstić information content (AvgIpc) is 2.77. The van der Waals surface area contributed by atoms with Crippen LogP contribution in [0, 0.1) is 5.92 Å². The van der Waals surface area contributed by atoms with Gasteiger partial charge in [-0.15, -0.1) is 0 Å². The van der Waals surface area contributed by atoms with Crippen molar-refractivity contribution in [3.63, 3.8) is 0 Å². The lowest BCUT2D eigenvalue weighted by Gasteiger charge is -2.34. The number of nitrogens with zero attached hydrogens (tertiary/aromatic N) is 1. The lowest BCUT2D eigenvalue weighted by molar-refractivity contribution is -0.00427. The van der Waals surface area contributed by atoms with E-state index in [4.69, 9.17) is 10.5 Å². The lowest BCUT2D eigenvalue weighted by Crippen LogP contribution is -2.40. The fourth-order valence-electron chi connectivity index (χ4n) is 4.17. The fourth-order valence-corrected chi connectivity index (χ4v) is 4.17. The van der Waals surface area contributed by atoms with Crippen LogP contribution in [0.3, 0.4) is 0 Å². The highest BCUT2D eigenvalue weighted by molar-refractivity contribution is 5.68. The van der Waals surface area contributed by atoms with E-state index in [2.05, 4.69) is 35.3 Å². The summed E-state index contributed by atoms with van der Waals surface area (Å²) in [5, 5.41) is 9.44. The van der Waals surface area contributed by atoms with Crippen LogP contribution >= 0.6 is 0 Å². The number of ether oxygens (including phenoxy) is 1. The Morgan fingerprint density at radius 3 is 2.47 bits per heavy atom. The van der Waals surface area contributed by atoms with Crippen molar-refractivity contribution < 1.29 is 14.6 Å². The van der Waals surface area contributed by atoms with Gasteiger partial charge in [0.25, 0.3) is 0 Å². The number of pyridine rings is 1. The van der Waals surface area contributed by atoms with Crippen LogP contribution in [0.5, 0.6) is 0 Å². The van der Waals surface area contributed by atoms with Gasteiger partial charge in [-0.3, -0.25) is 4.98 Å². The third kappa shape index (κ3) is 6.41. The Hall–Kier alpha value is -3.18. The SMILES string of the molecule is CC(C)(OC(N)=O)C(CCc1ccccn1)Cc1cc(CCO)ccc1-c1ccccc1. The van der Waals surface area contributed by atoms with Crippen molar-refractivity contribution in [2.75, 3.05) is 6.61 Å². The number of carbonyl (C=O) groups is 1. The molecule has 32 heavy (non-hydrogen) atoms. The van der Waals surface area contributed by atoms with E-state index < -0.39 is 11.7 Å². The van der Waals surface area contributed by atoms with Crippen molar-refractivity contribution in [3.8, 4) is 11.1 Å². The Bertz CT molecular complexity index is 1000. The third-order valence-electron chi connectivity index (χ3n) is 5.94. The minimum atomic E-state index is -0.768. The van der Waals surface area contributed by atoms with Gasteiger partial charge in [-0.2, -0.15) is 0 Å². The molecule has 2 aromatic carbocycles. The molecular formula is C27H32N2O3. The summed E-state index contributed by atoms with van der Waals surface area (Å²) < 4.78 is 5.56. The van der Waals surface area contributed by atoms with Crippen LogP contribution in [-0.2, 0) is 24.0 Å². The first-order valence-electron chi connectivity index (χ1n) is 11.1. The van der Waals surface area contributed by atoms with Crippen LogP contribution in [-0.4, -0.2) is 28.4 Å². The predicted molar refractivity (Wildman–Crippen MR) is 127 cm³/mol. The van der Waals surface area contributed by atoms with E-state index in [1.54, 1.807) is 6.20 Å².